The van der Waals surface area contributed by atoms with Gasteiger partial charge in [0.05, 0.1) is 5.52 Å². The Labute approximate surface area is 79.4 Å². The van der Waals surface area contributed by atoms with E-state index in [0.29, 0.717) is 5.56 Å². The van der Waals surface area contributed by atoms with Crippen LogP contribution in [0.2, 0.25) is 0 Å². The average molecular weight is 189 g/mol. The van der Waals surface area contributed by atoms with Gasteiger partial charge in [-0.2, -0.15) is 0 Å². The lowest BCUT2D eigenvalue weighted by Crippen LogP contribution is -2.18. The lowest BCUT2D eigenvalue weighted by Gasteiger charge is -1.99. The molecule has 2 N–H and O–H groups in total. The van der Waals surface area contributed by atoms with Crippen LogP contribution in [-0.2, 0) is 0 Å². The predicted molar refractivity (Wildman–Crippen MR) is 48.8 cm³/mol. The molecule has 1 aromatic heterocycles. The number of hydroxylamine groups is 1. The zero-order valence-electron chi connectivity index (χ0n) is 7.14. The summed E-state index contributed by atoms with van der Waals surface area (Å²) in [4.78, 5) is 18.9. The van der Waals surface area contributed by atoms with Gasteiger partial charge in [0.15, 0.2) is 0 Å². The minimum Gasteiger partial charge on any atom is -0.288 e. The Kier molecular flexibility index (Phi) is 2.08. The maximum absolute atomic E-state index is 11.1. The molecule has 0 aliphatic carbocycles. The Hall–Kier alpha value is -2.01. The molecule has 0 saturated heterocycles. The maximum atomic E-state index is 11.1. The summed E-state index contributed by atoms with van der Waals surface area (Å²) in [6.07, 6.45) is 3.05. The number of benzene rings is 1. The Morgan fingerprint density at radius 3 is 3.07 bits per heavy atom. The van der Waals surface area contributed by atoms with Crippen LogP contribution in [0.1, 0.15) is 10.4 Å². The van der Waals surface area contributed by atoms with Crippen LogP contribution < -0.4 is 5.48 Å². The van der Waals surface area contributed by atoms with Crippen molar-refractivity contribution < 1.29 is 10.0 Å². The summed E-state index contributed by atoms with van der Waals surface area (Å²) in [5.41, 5.74) is 2.70. The van der Waals surface area contributed by atoms with E-state index < -0.39 is 5.91 Å². The molecule has 1 amide bonds. The SMILES string of the molecule is O=C(NO)c1ccc2ncncc2c1. The fourth-order valence-electron chi connectivity index (χ4n) is 1.19. The Balaban J connectivity index is 2.56. The molecular formula is C9H7N3O2. The van der Waals surface area contributed by atoms with Crippen LogP contribution in [0, 0.1) is 0 Å². The van der Waals surface area contributed by atoms with Crippen molar-refractivity contribution in [2.75, 3.05) is 0 Å². The van der Waals surface area contributed by atoms with Gasteiger partial charge in [-0.25, -0.2) is 15.4 Å². The van der Waals surface area contributed by atoms with Gasteiger partial charge in [-0.1, -0.05) is 0 Å². The summed E-state index contributed by atoms with van der Waals surface area (Å²) in [6, 6.07) is 4.89. The fourth-order valence-corrected chi connectivity index (χ4v) is 1.19. The molecule has 0 bridgehead atoms. The van der Waals surface area contributed by atoms with Crippen LogP contribution in [0.3, 0.4) is 0 Å². The van der Waals surface area contributed by atoms with E-state index in [4.69, 9.17) is 5.21 Å². The topological polar surface area (TPSA) is 75.1 Å². The first kappa shape index (κ1) is 8.58. The summed E-state index contributed by atoms with van der Waals surface area (Å²) in [6.45, 7) is 0. The summed E-state index contributed by atoms with van der Waals surface area (Å²) >= 11 is 0. The molecule has 0 fully saturated rings. The molecule has 5 heteroatoms. The molecule has 5 nitrogen and oxygen atoms in total. The zero-order valence-corrected chi connectivity index (χ0v) is 7.14. The van der Waals surface area contributed by atoms with Crippen molar-refractivity contribution in [2.24, 2.45) is 0 Å². The summed E-state index contributed by atoms with van der Waals surface area (Å²) in [5, 5.41) is 9.19. The predicted octanol–water partition coefficient (Wildman–Crippen LogP) is 0.749. The Bertz CT molecular complexity index is 484. The number of aromatic nitrogens is 2. The lowest BCUT2D eigenvalue weighted by molar-refractivity contribution is 0.0706. The summed E-state index contributed by atoms with van der Waals surface area (Å²) in [7, 11) is 0. The molecule has 2 rings (SSSR count). The first-order chi connectivity index (χ1) is 6.81. The third-order valence-electron chi connectivity index (χ3n) is 1.87. The van der Waals surface area contributed by atoms with Crippen LogP contribution >= 0.6 is 0 Å². The minimum atomic E-state index is -0.546. The van der Waals surface area contributed by atoms with Crippen molar-refractivity contribution in [1.82, 2.24) is 15.4 Å². The molecular weight excluding hydrogens is 182 g/mol. The Morgan fingerprint density at radius 1 is 1.43 bits per heavy atom. The highest BCUT2D eigenvalue weighted by atomic mass is 16.5. The second-order valence-electron chi connectivity index (χ2n) is 2.74. The highest BCUT2D eigenvalue weighted by Gasteiger charge is 2.04. The molecule has 0 unspecified atom stereocenters. The summed E-state index contributed by atoms with van der Waals surface area (Å²) < 4.78 is 0. The third-order valence-corrected chi connectivity index (χ3v) is 1.87. The second kappa shape index (κ2) is 3.39. The molecule has 0 spiro atoms. The van der Waals surface area contributed by atoms with Crippen molar-refractivity contribution in [2.45, 2.75) is 0 Å². The van der Waals surface area contributed by atoms with Gasteiger partial charge in [0.1, 0.15) is 6.33 Å². The quantitative estimate of drug-likeness (QED) is 0.512. The van der Waals surface area contributed by atoms with Gasteiger partial charge >= 0.3 is 0 Å². The summed E-state index contributed by atoms with van der Waals surface area (Å²) in [5.74, 6) is -0.546. The Morgan fingerprint density at radius 2 is 2.29 bits per heavy atom. The number of rotatable bonds is 1. The number of amides is 1. The van der Waals surface area contributed by atoms with Gasteiger partial charge in [0.25, 0.3) is 5.91 Å². The van der Waals surface area contributed by atoms with E-state index in [0.717, 1.165) is 10.9 Å². The largest absolute Gasteiger partial charge is 0.288 e. The van der Waals surface area contributed by atoms with Gasteiger partial charge in [-0.05, 0) is 18.2 Å². The normalized spacial score (nSPS) is 10.1. The number of carbonyl (C=O) groups excluding carboxylic acids is 1. The van der Waals surface area contributed by atoms with E-state index >= 15 is 0 Å². The fraction of sp³-hybridized carbons (Fsp3) is 0. The lowest BCUT2D eigenvalue weighted by atomic mass is 10.1. The van der Waals surface area contributed by atoms with Gasteiger partial charge in [0, 0.05) is 17.1 Å². The first-order valence-corrected chi connectivity index (χ1v) is 3.95. The van der Waals surface area contributed by atoms with Gasteiger partial charge < -0.3 is 0 Å². The number of carbonyl (C=O) groups is 1. The van der Waals surface area contributed by atoms with Gasteiger partial charge in [-0.3, -0.25) is 10.0 Å². The molecule has 2 aromatic rings. The molecule has 70 valence electrons. The van der Waals surface area contributed by atoms with E-state index in [1.807, 2.05) is 0 Å². The molecule has 14 heavy (non-hydrogen) atoms. The number of fused-ring (bicyclic) bond motifs is 1. The molecule has 0 aliphatic rings. The standard InChI is InChI=1S/C9H7N3O2/c13-9(12-14)6-1-2-8-7(3-6)4-10-5-11-8/h1-5,14H,(H,12,13). The molecule has 0 saturated carbocycles. The van der Waals surface area contributed by atoms with E-state index in [-0.39, 0.29) is 0 Å². The second-order valence-corrected chi connectivity index (χ2v) is 2.74. The number of hydrogen-bond donors (Lipinski definition) is 2. The molecule has 0 radical (unpaired) electrons. The number of nitrogens with one attached hydrogen (secondary N) is 1. The monoisotopic (exact) mass is 189 g/mol. The van der Waals surface area contributed by atoms with E-state index in [1.165, 1.54) is 6.33 Å². The van der Waals surface area contributed by atoms with Crippen LogP contribution in [0.4, 0.5) is 0 Å². The molecule has 1 aromatic carbocycles. The van der Waals surface area contributed by atoms with Crippen molar-refractivity contribution in [1.29, 1.82) is 0 Å². The highest BCUT2D eigenvalue weighted by Crippen LogP contribution is 2.11. The van der Waals surface area contributed by atoms with Crippen LogP contribution in [-0.4, -0.2) is 21.1 Å². The van der Waals surface area contributed by atoms with Crippen LogP contribution in [0.15, 0.2) is 30.7 Å². The first-order valence-electron chi connectivity index (χ1n) is 3.95. The van der Waals surface area contributed by atoms with Crippen molar-refractivity contribution in [3.8, 4) is 0 Å². The van der Waals surface area contributed by atoms with Crippen molar-refractivity contribution in [3.63, 3.8) is 0 Å². The molecule has 1 heterocycles. The zero-order chi connectivity index (χ0) is 9.97. The third kappa shape index (κ3) is 1.40. The maximum Gasteiger partial charge on any atom is 0.274 e. The number of nitrogens with zero attached hydrogens (tertiary/aromatic N) is 2. The average Bonchev–Trinajstić information content (AvgIpc) is 2.27. The van der Waals surface area contributed by atoms with E-state index in [1.54, 1.807) is 29.9 Å². The van der Waals surface area contributed by atoms with Crippen molar-refractivity contribution in [3.05, 3.63) is 36.3 Å². The number of hydrogen-bond acceptors (Lipinski definition) is 4. The van der Waals surface area contributed by atoms with Gasteiger partial charge in [0.2, 0.25) is 0 Å². The van der Waals surface area contributed by atoms with Crippen LogP contribution in [0.25, 0.3) is 10.9 Å². The smallest absolute Gasteiger partial charge is 0.274 e. The minimum absolute atomic E-state index is 0.370. The van der Waals surface area contributed by atoms with Crippen molar-refractivity contribution >= 4 is 16.8 Å². The highest BCUT2D eigenvalue weighted by molar-refractivity contribution is 5.97. The molecule has 0 atom stereocenters. The van der Waals surface area contributed by atoms with Gasteiger partial charge in [-0.15, -0.1) is 0 Å². The van der Waals surface area contributed by atoms with Crippen LogP contribution in [0.5, 0.6) is 0 Å². The molecule has 0 aliphatic heterocycles. The van der Waals surface area contributed by atoms with E-state index in [9.17, 15) is 4.79 Å². The van der Waals surface area contributed by atoms with E-state index in [2.05, 4.69) is 9.97 Å².